The van der Waals surface area contributed by atoms with Gasteiger partial charge < -0.3 is 19.8 Å². The molecule has 7 nitrogen and oxygen atoms in total. The van der Waals surface area contributed by atoms with E-state index in [0.717, 1.165) is 0 Å². The lowest BCUT2D eigenvalue weighted by molar-refractivity contribution is -0.153. The van der Waals surface area contributed by atoms with Crippen molar-refractivity contribution >= 4 is 11.7 Å². The van der Waals surface area contributed by atoms with E-state index in [1.807, 2.05) is 24.6 Å². The van der Waals surface area contributed by atoms with Gasteiger partial charge in [0.1, 0.15) is 29.6 Å². The number of hydrogen-bond donors (Lipinski definition) is 1. The van der Waals surface area contributed by atoms with Crippen LogP contribution in [0.3, 0.4) is 0 Å². The highest BCUT2D eigenvalue weighted by molar-refractivity contribution is 6.04. The summed E-state index contributed by atoms with van der Waals surface area (Å²) in [5.41, 5.74) is 6.93. The van der Waals surface area contributed by atoms with E-state index in [1.165, 1.54) is 12.1 Å². The molecule has 0 radical (unpaired) electrons. The van der Waals surface area contributed by atoms with E-state index < -0.39 is 12.8 Å². The Bertz CT molecular complexity index is 944. The summed E-state index contributed by atoms with van der Waals surface area (Å²) in [5, 5.41) is 0. The lowest BCUT2D eigenvalue weighted by atomic mass is 10.2. The zero-order valence-electron chi connectivity index (χ0n) is 16.3. The van der Waals surface area contributed by atoms with Gasteiger partial charge in [-0.2, -0.15) is 13.2 Å². The number of amidine groups is 2. The van der Waals surface area contributed by atoms with Crippen LogP contribution in [-0.2, 0) is 6.54 Å². The first-order valence-corrected chi connectivity index (χ1v) is 9.05. The maximum absolute atomic E-state index is 12.4. The Morgan fingerprint density at radius 3 is 2.79 bits per heavy atom. The first kappa shape index (κ1) is 20.7. The number of halogens is 3. The van der Waals surface area contributed by atoms with E-state index in [2.05, 4.69) is 15.0 Å². The molecule has 156 valence electrons. The third-order valence-corrected chi connectivity index (χ3v) is 3.85. The van der Waals surface area contributed by atoms with Crippen LogP contribution in [0, 0.1) is 0 Å². The van der Waals surface area contributed by atoms with Crippen molar-refractivity contribution in [2.75, 3.05) is 13.2 Å². The van der Waals surface area contributed by atoms with E-state index in [-0.39, 0.29) is 11.8 Å². The Morgan fingerprint density at radius 1 is 1.38 bits per heavy atom. The van der Waals surface area contributed by atoms with Crippen molar-refractivity contribution in [1.29, 1.82) is 0 Å². The summed E-state index contributed by atoms with van der Waals surface area (Å²) in [6, 6.07) is 4.53. The van der Waals surface area contributed by atoms with Gasteiger partial charge in [-0.25, -0.2) is 9.98 Å². The van der Waals surface area contributed by atoms with Crippen molar-refractivity contribution in [2.45, 2.75) is 39.5 Å². The summed E-state index contributed by atoms with van der Waals surface area (Å²) in [6.45, 7) is 4.99. The van der Waals surface area contributed by atoms with Gasteiger partial charge >= 0.3 is 6.18 Å². The normalized spacial score (nSPS) is 14.9. The van der Waals surface area contributed by atoms with Crippen LogP contribution in [0.15, 0.2) is 34.4 Å². The Morgan fingerprint density at radius 2 is 2.14 bits per heavy atom. The highest BCUT2D eigenvalue weighted by Gasteiger charge is 2.29. The van der Waals surface area contributed by atoms with Crippen molar-refractivity contribution < 1.29 is 22.6 Å². The number of alkyl halides is 3. The average molecular weight is 409 g/mol. The summed E-state index contributed by atoms with van der Waals surface area (Å²) in [6.07, 6.45) is -2.60. The fourth-order valence-electron chi connectivity index (χ4n) is 2.79. The maximum Gasteiger partial charge on any atom is 0.422 e. The molecule has 0 bridgehead atoms. The first-order valence-electron chi connectivity index (χ1n) is 9.05. The monoisotopic (exact) mass is 409 g/mol. The lowest BCUT2D eigenvalue weighted by Gasteiger charge is -2.12. The van der Waals surface area contributed by atoms with Crippen LogP contribution in [0.5, 0.6) is 11.5 Å². The van der Waals surface area contributed by atoms with Gasteiger partial charge in [0, 0.05) is 18.3 Å². The van der Waals surface area contributed by atoms with Gasteiger partial charge in [0.05, 0.1) is 17.9 Å². The summed E-state index contributed by atoms with van der Waals surface area (Å²) in [7, 11) is 0. The molecule has 0 saturated heterocycles. The molecule has 29 heavy (non-hydrogen) atoms. The van der Waals surface area contributed by atoms with Gasteiger partial charge in [0.25, 0.3) is 0 Å². The number of hydrogen-bond acceptors (Lipinski definition) is 4. The van der Waals surface area contributed by atoms with Crippen LogP contribution in [0.4, 0.5) is 13.2 Å². The van der Waals surface area contributed by atoms with Crippen molar-refractivity contribution in [3.63, 3.8) is 0 Å². The molecule has 2 N–H and O–H groups in total. The first-order chi connectivity index (χ1) is 13.6. The molecule has 0 atom stereocenters. The summed E-state index contributed by atoms with van der Waals surface area (Å²) < 4.78 is 49.6. The maximum atomic E-state index is 12.4. The molecule has 10 heteroatoms. The average Bonchev–Trinajstić information content (AvgIpc) is 2.95. The van der Waals surface area contributed by atoms with Crippen LogP contribution in [-0.4, -0.2) is 46.7 Å². The molecule has 0 unspecified atom stereocenters. The van der Waals surface area contributed by atoms with Crippen molar-refractivity contribution in [3.05, 3.63) is 30.1 Å². The predicted octanol–water partition coefficient (Wildman–Crippen LogP) is 3.42. The SMILES string of the molecule is CC(N)=NC(=NC(C)C)c1cn2c(n1)-c1ccc(OCC(F)(F)F)cc1OCC2. The summed E-state index contributed by atoms with van der Waals surface area (Å²) >= 11 is 0. The highest BCUT2D eigenvalue weighted by atomic mass is 19.4. The number of aliphatic imine (C=N–C) groups is 2. The van der Waals surface area contributed by atoms with Crippen molar-refractivity contribution in [3.8, 4) is 22.9 Å². The third kappa shape index (κ3) is 5.27. The zero-order valence-corrected chi connectivity index (χ0v) is 16.3. The predicted molar refractivity (Wildman–Crippen MR) is 104 cm³/mol. The van der Waals surface area contributed by atoms with E-state index in [1.54, 1.807) is 13.0 Å². The van der Waals surface area contributed by atoms with Gasteiger partial charge in [-0.05, 0) is 32.9 Å². The van der Waals surface area contributed by atoms with Crippen molar-refractivity contribution in [1.82, 2.24) is 9.55 Å². The second-order valence-electron chi connectivity index (χ2n) is 6.85. The molecule has 0 amide bonds. The number of ether oxygens (including phenoxy) is 2. The van der Waals surface area contributed by atoms with E-state index in [4.69, 9.17) is 15.2 Å². The molecule has 0 saturated carbocycles. The molecule has 1 aliphatic heterocycles. The molecule has 0 fully saturated rings. The number of aromatic nitrogens is 2. The number of fused-ring (bicyclic) bond motifs is 3. The standard InChI is InChI=1S/C19H22F3N5O2/c1-11(2)24-17(25-12(3)23)15-9-27-6-7-28-16-8-13(29-10-19(20,21)22)4-5-14(16)18(27)26-15/h4-5,8-9,11H,6-7,10H2,1-3H3,(H2,23,24,25). The highest BCUT2D eigenvalue weighted by Crippen LogP contribution is 2.35. The summed E-state index contributed by atoms with van der Waals surface area (Å²) in [4.78, 5) is 13.4. The minimum Gasteiger partial charge on any atom is -0.491 e. The van der Waals surface area contributed by atoms with Crippen LogP contribution >= 0.6 is 0 Å². The number of benzene rings is 1. The molecule has 0 spiro atoms. The van der Waals surface area contributed by atoms with E-state index in [9.17, 15) is 13.2 Å². The van der Waals surface area contributed by atoms with Crippen LogP contribution in [0.25, 0.3) is 11.4 Å². The number of imidazole rings is 1. The molecular weight excluding hydrogens is 387 g/mol. The molecule has 1 aromatic carbocycles. The van der Waals surface area contributed by atoms with Crippen LogP contribution in [0.2, 0.25) is 0 Å². The molecule has 2 heterocycles. The van der Waals surface area contributed by atoms with Gasteiger partial charge in [-0.15, -0.1) is 0 Å². The molecule has 1 aromatic heterocycles. The van der Waals surface area contributed by atoms with Gasteiger partial charge in [0.15, 0.2) is 12.4 Å². The second kappa shape index (κ2) is 8.14. The minimum absolute atomic E-state index is 0.00133. The van der Waals surface area contributed by atoms with Crippen LogP contribution in [0.1, 0.15) is 26.5 Å². The molecule has 1 aliphatic rings. The number of nitrogens with two attached hydrogens (primary N) is 1. The Kier molecular flexibility index (Phi) is 5.81. The lowest BCUT2D eigenvalue weighted by Crippen LogP contribution is -2.19. The molecule has 0 aliphatic carbocycles. The molecule has 3 rings (SSSR count). The zero-order chi connectivity index (χ0) is 21.2. The number of rotatable bonds is 4. The minimum atomic E-state index is -4.41. The second-order valence-corrected chi connectivity index (χ2v) is 6.85. The fraction of sp³-hybridized carbons (Fsp3) is 0.421. The third-order valence-electron chi connectivity index (χ3n) is 3.85. The quantitative estimate of drug-likeness (QED) is 0.619. The van der Waals surface area contributed by atoms with Crippen LogP contribution < -0.4 is 15.2 Å². The van der Waals surface area contributed by atoms with E-state index >= 15 is 0 Å². The van der Waals surface area contributed by atoms with Gasteiger partial charge in [0.2, 0.25) is 0 Å². The van der Waals surface area contributed by atoms with Gasteiger partial charge in [-0.3, -0.25) is 4.99 Å². The Balaban J connectivity index is 1.98. The van der Waals surface area contributed by atoms with Crippen molar-refractivity contribution in [2.24, 2.45) is 15.7 Å². The summed E-state index contributed by atoms with van der Waals surface area (Å²) in [5.74, 6) is 1.88. The topological polar surface area (TPSA) is 87.0 Å². The smallest absolute Gasteiger partial charge is 0.422 e. The Labute approximate surface area is 166 Å². The largest absolute Gasteiger partial charge is 0.491 e. The molecular formula is C19H22F3N5O2. The Hall–Kier alpha value is -3.04. The van der Waals surface area contributed by atoms with E-state index in [0.29, 0.717) is 47.7 Å². The van der Waals surface area contributed by atoms with Gasteiger partial charge in [-0.1, -0.05) is 0 Å². The number of nitrogens with zero attached hydrogens (tertiary/aromatic N) is 4. The fourth-order valence-corrected chi connectivity index (χ4v) is 2.79. The molecule has 2 aromatic rings.